The van der Waals surface area contributed by atoms with Crippen LogP contribution in [0.2, 0.25) is 0 Å². The molecule has 0 radical (unpaired) electrons. The van der Waals surface area contributed by atoms with Crippen LogP contribution >= 0.6 is 0 Å². The molecule has 2 heteroatoms. The van der Waals surface area contributed by atoms with E-state index in [2.05, 4.69) is 56.0 Å². The predicted molar refractivity (Wildman–Crippen MR) is 56.9 cm³/mol. The highest BCUT2D eigenvalue weighted by atomic mass is 15.0. The monoisotopic (exact) mass is 180 g/mol. The largest absolute Gasteiger partial charge is 0.351 e. The van der Waals surface area contributed by atoms with E-state index < -0.39 is 0 Å². The molecule has 0 aliphatic carbocycles. The van der Waals surface area contributed by atoms with Crippen LogP contribution in [0.3, 0.4) is 0 Å². The van der Waals surface area contributed by atoms with Crippen molar-refractivity contribution >= 4 is 0 Å². The van der Waals surface area contributed by atoms with Gasteiger partial charge >= 0.3 is 0 Å². The molecule has 2 nitrogen and oxygen atoms in total. The molecule has 74 valence electrons. The molecular formula is C11H20N2. The lowest BCUT2D eigenvalue weighted by atomic mass is 10.2. The van der Waals surface area contributed by atoms with Crippen LogP contribution in [0.25, 0.3) is 0 Å². The third-order valence-corrected chi connectivity index (χ3v) is 2.34. The van der Waals surface area contributed by atoms with Gasteiger partial charge in [-0.15, -0.1) is 0 Å². The summed E-state index contributed by atoms with van der Waals surface area (Å²) in [4.78, 5) is 0. The summed E-state index contributed by atoms with van der Waals surface area (Å²) in [5.74, 6) is 0. The summed E-state index contributed by atoms with van der Waals surface area (Å²) < 4.78 is 2.24. The normalized spacial score (nSPS) is 13.6. The zero-order valence-electron chi connectivity index (χ0n) is 9.04. The Morgan fingerprint density at radius 2 is 2.08 bits per heavy atom. The average molecular weight is 180 g/mol. The van der Waals surface area contributed by atoms with Crippen LogP contribution in [-0.2, 0) is 0 Å². The minimum absolute atomic E-state index is 0.463. The van der Waals surface area contributed by atoms with Crippen molar-refractivity contribution in [3.8, 4) is 0 Å². The molecule has 0 spiro atoms. The summed E-state index contributed by atoms with van der Waals surface area (Å²) in [6.45, 7) is 9.75. The fourth-order valence-corrected chi connectivity index (χ4v) is 1.43. The van der Waals surface area contributed by atoms with Crippen LogP contribution in [0.1, 0.15) is 45.3 Å². The standard InChI is InChI=1S/C11H20N2/c1-5-12-10(4)11-6-7-13(8-11)9(2)3/h6-10,12H,5H2,1-4H3/t10-/m0/s1. The smallest absolute Gasteiger partial charge is 0.0306 e. The maximum absolute atomic E-state index is 3.40. The minimum Gasteiger partial charge on any atom is -0.351 e. The highest BCUT2D eigenvalue weighted by Gasteiger charge is 2.05. The fraction of sp³-hybridized carbons (Fsp3) is 0.636. The molecule has 0 bridgehead atoms. The predicted octanol–water partition coefficient (Wildman–Crippen LogP) is 2.74. The Morgan fingerprint density at radius 1 is 1.38 bits per heavy atom. The van der Waals surface area contributed by atoms with Crippen LogP contribution in [0.4, 0.5) is 0 Å². The third-order valence-electron chi connectivity index (χ3n) is 2.34. The number of hydrogen-bond donors (Lipinski definition) is 1. The van der Waals surface area contributed by atoms with Gasteiger partial charge < -0.3 is 9.88 Å². The lowest BCUT2D eigenvalue weighted by Gasteiger charge is -2.10. The molecule has 0 fully saturated rings. The molecule has 0 saturated carbocycles. The number of aromatic nitrogens is 1. The van der Waals surface area contributed by atoms with Crippen LogP contribution in [0.5, 0.6) is 0 Å². The van der Waals surface area contributed by atoms with Gasteiger partial charge in [0.1, 0.15) is 0 Å². The molecule has 1 aromatic heterocycles. The van der Waals surface area contributed by atoms with Gasteiger partial charge in [-0.1, -0.05) is 6.92 Å². The van der Waals surface area contributed by atoms with Gasteiger partial charge in [-0.05, 0) is 38.9 Å². The Morgan fingerprint density at radius 3 is 2.54 bits per heavy atom. The minimum atomic E-state index is 0.463. The number of nitrogens with zero attached hydrogens (tertiary/aromatic N) is 1. The van der Waals surface area contributed by atoms with Crippen molar-refractivity contribution in [3.05, 3.63) is 24.0 Å². The number of hydrogen-bond acceptors (Lipinski definition) is 1. The second-order valence-electron chi connectivity index (χ2n) is 3.77. The Hall–Kier alpha value is -0.760. The molecule has 0 unspecified atom stereocenters. The molecule has 13 heavy (non-hydrogen) atoms. The van der Waals surface area contributed by atoms with E-state index in [9.17, 15) is 0 Å². The van der Waals surface area contributed by atoms with Crippen molar-refractivity contribution in [3.63, 3.8) is 0 Å². The zero-order chi connectivity index (χ0) is 9.84. The van der Waals surface area contributed by atoms with Gasteiger partial charge in [0.15, 0.2) is 0 Å². The van der Waals surface area contributed by atoms with Crippen molar-refractivity contribution in [2.75, 3.05) is 6.54 Å². The molecule has 0 aliphatic rings. The van der Waals surface area contributed by atoms with E-state index in [4.69, 9.17) is 0 Å². The number of rotatable bonds is 4. The first-order valence-corrected chi connectivity index (χ1v) is 5.06. The van der Waals surface area contributed by atoms with E-state index >= 15 is 0 Å². The van der Waals surface area contributed by atoms with Crippen LogP contribution in [0, 0.1) is 0 Å². The van der Waals surface area contributed by atoms with E-state index in [1.54, 1.807) is 0 Å². The topological polar surface area (TPSA) is 17.0 Å². The summed E-state index contributed by atoms with van der Waals surface area (Å²) in [6, 6.07) is 3.21. The Kier molecular flexibility index (Phi) is 3.55. The first-order chi connectivity index (χ1) is 6.15. The fourth-order valence-electron chi connectivity index (χ4n) is 1.43. The zero-order valence-corrected chi connectivity index (χ0v) is 9.04. The average Bonchev–Trinajstić information content (AvgIpc) is 2.52. The van der Waals surface area contributed by atoms with Gasteiger partial charge in [0.25, 0.3) is 0 Å². The summed E-state index contributed by atoms with van der Waals surface area (Å²) in [7, 11) is 0. The lowest BCUT2D eigenvalue weighted by Crippen LogP contribution is -2.17. The summed E-state index contributed by atoms with van der Waals surface area (Å²) in [5, 5.41) is 3.40. The van der Waals surface area contributed by atoms with Crippen molar-refractivity contribution in [2.45, 2.75) is 39.8 Å². The summed E-state index contributed by atoms with van der Waals surface area (Å²) >= 11 is 0. The van der Waals surface area contributed by atoms with Gasteiger partial charge in [0, 0.05) is 24.5 Å². The number of nitrogens with one attached hydrogen (secondary N) is 1. The van der Waals surface area contributed by atoms with Crippen LogP contribution in [-0.4, -0.2) is 11.1 Å². The molecule has 0 amide bonds. The summed E-state index contributed by atoms with van der Waals surface area (Å²) in [6.07, 6.45) is 4.37. The van der Waals surface area contributed by atoms with E-state index in [-0.39, 0.29) is 0 Å². The SMILES string of the molecule is CCN[C@@H](C)c1ccn(C(C)C)c1. The van der Waals surface area contributed by atoms with Crippen molar-refractivity contribution in [1.82, 2.24) is 9.88 Å². The van der Waals surface area contributed by atoms with Crippen LogP contribution in [0.15, 0.2) is 18.5 Å². The van der Waals surface area contributed by atoms with Gasteiger partial charge in [-0.3, -0.25) is 0 Å². The third kappa shape index (κ3) is 2.59. The Bertz CT molecular complexity index is 250. The van der Waals surface area contributed by atoms with Crippen molar-refractivity contribution in [2.24, 2.45) is 0 Å². The van der Waals surface area contributed by atoms with E-state index in [1.165, 1.54) is 5.56 Å². The summed E-state index contributed by atoms with van der Waals surface area (Å²) in [5.41, 5.74) is 1.37. The highest BCUT2D eigenvalue weighted by molar-refractivity contribution is 5.14. The van der Waals surface area contributed by atoms with E-state index in [0.29, 0.717) is 12.1 Å². The maximum atomic E-state index is 3.40. The molecule has 1 rings (SSSR count). The van der Waals surface area contributed by atoms with Crippen LogP contribution < -0.4 is 5.32 Å². The van der Waals surface area contributed by atoms with E-state index in [0.717, 1.165) is 6.54 Å². The van der Waals surface area contributed by atoms with E-state index in [1.807, 2.05) is 0 Å². The molecule has 1 aromatic rings. The molecule has 0 aromatic carbocycles. The Labute approximate surface area is 81.0 Å². The Balaban J connectivity index is 2.67. The van der Waals surface area contributed by atoms with Gasteiger partial charge in [-0.25, -0.2) is 0 Å². The highest BCUT2D eigenvalue weighted by Crippen LogP contribution is 2.15. The van der Waals surface area contributed by atoms with Gasteiger partial charge in [0.05, 0.1) is 0 Å². The lowest BCUT2D eigenvalue weighted by molar-refractivity contribution is 0.579. The van der Waals surface area contributed by atoms with Gasteiger partial charge in [0.2, 0.25) is 0 Å². The second-order valence-corrected chi connectivity index (χ2v) is 3.77. The quantitative estimate of drug-likeness (QED) is 0.754. The first kappa shape index (κ1) is 10.3. The maximum Gasteiger partial charge on any atom is 0.0306 e. The second kappa shape index (κ2) is 4.47. The first-order valence-electron chi connectivity index (χ1n) is 5.06. The molecule has 0 saturated heterocycles. The van der Waals surface area contributed by atoms with Crippen molar-refractivity contribution in [1.29, 1.82) is 0 Å². The molecule has 0 aliphatic heterocycles. The van der Waals surface area contributed by atoms with Gasteiger partial charge in [-0.2, -0.15) is 0 Å². The molecule has 1 heterocycles. The molecular weight excluding hydrogens is 160 g/mol. The molecule has 1 atom stereocenters. The molecule has 1 N–H and O–H groups in total. The van der Waals surface area contributed by atoms with Crippen molar-refractivity contribution < 1.29 is 0 Å².